The molecule has 0 bridgehead atoms. The van der Waals surface area contributed by atoms with Crippen molar-refractivity contribution < 1.29 is 14.6 Å². The molecule has 1 unspecified atom stereocenters. The molecule has 2 fully saturated rings. The minimum Gasteiger partial charge on any atom is -0.492 e. The molecule has 174 valence electrons. The van der Waals surface area contributed by atoms with E-state index in [9.17, 15) is 9.90 Å². The Hall–Kier alpha value is -2.42. The van der Waals surface area contributed by atoms with Crippen molar-refractivity contribution in [2.75, 3.05) is 39.3 Å². The molecule has 4 rings (SSSR count). The minimum atomic E-state index is -0.656. The Balaban J connectivity index is 1.18. The summed E-state index contributed by atoms with van der Waals surface area (Å²) in [6.07, 6.45) is 6.40. The monoisotopic (exact) mass is 441 g/mol. The molecule has 1 aromatic carbocycles. The fourth-order valence-electron chi connectivity index (χ4n) is 4.78. The van der Waals surface area contributed by atoms with Crippen LogP contribution in [0.1, 0.15) is 31.7 Å². The van der Waals surface area contributed by atoms with Crippen LogP contribution in [-0.4, -0.2) is 81.6 Å². The van der Waals surface area contributed by atoms with Crippen LogP contribution in [0.4, 0.5) is 0 Å². The Kier molecular flexibility index (Phi) is 7.44. The van der Waals surface area contributed by atoms with Crippen LogP contribution in [-0.2, 0) is 17.9 Å². The first-order valence-corrected chi connectivity index (χ1v) is 11.6. The van der Waals surface area contributed by atoms with Crippen LogP contribution in [0.2, 0.25) is 0 Å². The van der Waals surface area contributed by atoms with E-state index >= 15 is 0 Å². The Bertz CT molecular complexity index is 849. The molecule has 8 nitrogen and oxygen atoms in total. The zero-order valence-electron chi connectivity index (χ0n) is 18.9. The van der Waals surface area contributed by atoms with Crippen LogP contribution in [0, 0.1) is 0 Å². The van der Waals surface area contributed by atoms with Gasteiger partial charge in [0.05, 0.1) is 12.1 Å². The summed E-state index contributed by atoms with van der Waals surface area (Å²) in [5, 5.41) is 18.3. The number of carbonyl (C=O) groups is 1. The summed E-state index contributed by atoms with van der Waals surface area (Å²) in [6, 6.07) is 10.4. The molecule has 2 aliphatic heterocycles. The second-order valence-corrected chi connectivity index (χ2v) is 9.20. The van der Waals surface area contributed by atoms with Gasteiger partial charge in [-0.3, -0.25) is 14.4 Å². The number of aliphatic hydroxyl groups is 1. The number of nitrogens with zero attached hydrogens (tertiary/aromatic N) is 4. The first-order valence-electron chi connectivity index (χ1n) is 11.6. The van der Waals surface area contributed by atoms with E-state index in [4.69, 9.17) is 4.74 Å². The molecule has 1 amide bonds. The number of ether oxygens (including phenoxy) is 1. The quantitative estimate of drug-likeness (QED) is 0.614. The average molecular weight is 442 g/mol. The van der Waals surface area contributed by atoms with Gasteiger partial charge < -0.3 is 20.1 Å². The van der Waals surface area contributed by atoms with Crippen LogP contribution in [0.25, 0.3) is 0 Å². The van der Waals surface area contributed by atoms with Gasteiger partial charge in [0.15, 0.2) is 0 Å². The lowest BCUT2D eigenvalue weighted by atomic mass is 9.99. The molecule has 2 aromatic rings. The van der Waals surface area contributed by atoms with E-state index in [-0.39, 0.29) is 11.9 Å². The van der Waals surface area contributed by atoms with Crippen molar-refractivity contribution in [2.45, 2.75) is 50.9 Å². The molecule has 0 aliphatic carbocycles. The average Bonchev–Trinajstić information content (AvgIpc) is 3.40. The fraction of sp³-hybridized carbons (Fsp3) is 0.583. The Morgan fingerprint density at radius 1 is 1.22 bits per heavy atom. The van der Waals surface area contributed by atoms with Crippen LogP contribution in [0.15, 0.2) is 42.7 Å². The van der Waals surface area contributed by atoms with E-state index in [0.29, 0.717) is 19.7 Å². The fourth-order valence-corrected chi connectivity index (χ4v) is 4.78. The first-order chi connectivity index (χ1) is 15.5. The summed E-state index contributed by atoms with van der Waals surface area (Å²) in [6.45, 7) is 7.88. The SMILES string of the molecule is CC(=O)NC1CCN(CC2(O)CCN(Cc3ccc(OCCn4cccn4)cc3)C2)CC1. The van der Waals surface area contributed by atoms with Crippen LogP contribution in [0.3, 0.4) is 0 Å². The van der Waals surface area contributed by atoms with Crippen molar-refractivity contribution in [1.29, 1.82) is 0 Å². The molecule has 0 radical (unpaired) electrons. The molecule has 2 saturated heterocycles. The van der Waals surface area contributed by atoms with Crippen molar-refractivity contribution in [3.8, 4) is 5.75 Å². The highest BCUT2D eigenvalue weighted by Crippen LogP contribution is 2.26. The maximum absolute atomic E-state index is 11.2. The molecule has 1 atom stereocenters. The van der Waals surface area contributed by atoms with Gasteiger partial charge in [-0.25, -0.2) is 0 Å². The molecule has 2 N–H and O–H groups in total. The van der Waals surface area contributed by atoms with Crippen LogP contribution >= 0.6 is 0 Å². The predicted molar refractivity (Wildman–Crippen MR) is 122 cm³/mol. The van der Waals surface area contributed by atoms with E-state index in [2.05, 4.69) is 32.3 Å². The number of likely N-dealkylation sites (tertiary alicyclic amines) is 2. The topological polar surface area (TPSA) is 82.9 Å². The standard InChI is InChI=1S/C24H35N5O3/c1-20(30)26-22-7-12-27(13-8-22)18-24(31)9-14-28(19-24)17-21-3-5-23(6-4-21)32-16-15-29-11-2-10-25-29/h2-6,10-11,22,31H,7-9,12-19H2,1H3,(H,26,30). The van der Waals surface area contributed by atoms with Crippen molar-refractivity contribution in [3.05, 3.63) is 48.3 Å². The number of benzene rings is 1. The summed E-state index contributed by atoms with van der Waals surface area (Å²) in [7, 11) is 0. The summed E-state index contributed by atoms with van der Waals surface area (Å²) < 4.78 is 7.66. The zero-order chi connectivity index (χ0) is 22.4. The third-order valence-electron chi connectivity index (χ3n) is 6.40. The van der Waals surface area contributed by atoms with E-state index in [0.717, 1.165) is 57.7 Å². The molecule has 32 heavy (non-hydrogen) atoms. The largest absolute Gasteiger partial charge is 0.492 e. The maximum atomic E-state index is 11.2. The van der Waals surface area contributed by atoms with Crippen molar-refractivity contribution in [2.24, 2.45) is 0 Å². The lowest BCUT2D eigenvalue weighted by Crippen LogP contribution is -2.50. The number of β-amino-alcohol motifs (C(OH)–C–C–N with tert-alkyl or cyclic N) is 1. The Morgan fingerprint density at radius 2 is 2.00 bits per heavy atom. The van der Waals surface area contributed by atoms with Gasteiger partial charge in [-0.2, -0.15) is 5.10 Å². The Morgan fingerprint density at radius 3 is 2.69 bits per heavy atom. The highest BCUT2D eigenvalue weighted by atomic mass is 16.5. The third-order valence-corrected chi connectivity index (χ3v) is 6.40. The van der Waals surface area contributed by atoms with Gasteiger partial charge in [0.1, 0.15) is 12.4 Å². The van der Waals surface area contributed by atoms with Crippen molar-refractivity contribution in [1.82, 2.24) is 24.9 Å². The summed E-state index contributed by atoms with van der Waals surface area (Å²) in [5.41, 5.74) is 0.570. The number of nitrogens with one attached hydrogen (secondary N) is 1. The van der Waals surface area contributed by atoms with E-state index in [1.165, 1.54) is 5.56 Å². The molecule has 1 aromatic heterocycles. The molecule has 3 heterocycles. The van der Waals surface area contributed by atoms with Gasteiger partial charge in [0.2, 0.25) is 5.91 Å². The molecule has 0 spiro atoms. The second kappa shape index (κ2) is 10.5. The van der Waals surface area contributed by atoms with Gasteiger partial charge in [0.25, 0.3) is 0 Å². The number of piperidine rings is 1. The van der Waals surface area contributed by atoms with Crippen LogP contribution < -0.4 is 10.1 Å². The predicted octanol–water partition coefficient (Wildman–Crippen LogP) is 1.50. The van der Waals surface area contributed by atoms with Crippen LogP contribution in [0.5, 0.6) is 5.75 Å². The van der Waals surface area contributed by atoms with Gasteiger partial charge in [-0.05, 0) is 43.0 Å². The van der Waals surface area contributed by atoms with E-state index in [1.54, 1.807) is 13.1 Å². The summed E-state index contributed by atoms with van der Waals surface area (Å²) in [5.74, 6) is 0.906. The Labute approximate surface area is 190 Å². The molecular weight excluding hydrogens is 406 g/mol. The lowest BCUT2D eigenvalue weighted by molar-refractivity contribution is -0.120. The smallest absolute Gasteiger partial charge is 0.217 e. The number of hydrogen-bond donors (Lipinski definition) is 2. The molecular formula is C24H35N5O3. The lowest BCUT2D eigenvalue weighted by Gasteiger charge is -2.36. The van der Waals surface area contributed by atoms with Gasteiger partial charge in [-0.15, -0.1) is 0 Å². The zero-order valence-corrected chi connectivity index (χ0v) is 18.9. The first kappa shape index (κ1) is 22.8. The number of rotatable bonds is 9. The van der Waals surface area contributed by atoms with Gasteiger partial charge >= 0.3 is 0 Å². The van der Waals surface area contributed by atoms with E-state index in [1.807, 2.05) is 29.1 Å². The highest BCUT2D eigenvalue weighted by molar-refractivity contribution is 5.73. The molecule has 8 heteroatoms. The summed E-state index contributed by atoms with van der Waals surface area (Å²) in [4.78, 5) is 15.9. The maximum Gasteiger partial charge on any atom is 0.217 e. The minimum absolute atomic E-state index is 0.0438. The van der Waals surface area contributed by atoms with Crippen molar-refractivity contribution in [3.63, 3.8) is 0 Å². The number of aromatic nitrogens is 2. The van der Waals surface area contributed by atoms with Gasteiger partial charge in [-0.1, -0.05) is 12.1 Å². The normalized spacial score (nSPS) is 22.8. The van der Waals surface area contributed by atoms with E-state index < -0.39 is 5.60 Å². The van der Waals surface area contributed by atoms with Gasteiger partial charge in [0, 0.05) is 64.6 Å². The highest BCUT2D eigenvalue weighted by Gasteiger charge is 2.38. The number of carbonyl (C=O) groups excluding carboxylic acids is 1. The third kappa shape index (κ3) is 6.54. The van der Waals surface area contributed by atoms with Crippen molar-refractivity contribution >= 4 is 5.91 Å². The summed E-state index contributed by atoms with van der Waals surface area (Å²) >= 11 is 0. The molecule has 0 saturated carbocycles. The second-order valence-electron chi connectivity index (χ2n) is 9.20. The number of amides is 1. The number of hydrogen-bond acceptors (Lipinski definition) is 6. The molecule has 2 aliphatic rings.